The molecule has 0 spiro atoms. The Morgan fingerprint density at radius 2 is 2.43 bits per heavy atom. The zero-order valence-electron chi connectivity index (χ0n) is 8.45. The summed E-state index contributed by atoms with van der Waals surface area (Å²) in [5.74, 6) is 0. The quantitative estimate of drug-likeness (QED) is 0.744. The van der Waals surface area contributed by atoms with Crippen LogP contribution in [0.2, 0.25) is 0 Å². The molecule has 0 saturated heterocycles. The molecule has 76 valence electrons. The van der Waals surface area contributed by atoms with Crippen LogP contribution in [-0.2, 0) is 0 Å². The van der Waals surface area contributed by atoms with Crippen molar-refractivity contribution in [1.82, 2.24) is 4.98 Å². The summed E-state index contributed by atoms with van der Waals surface area (Å²) < 4.78 is 0. The Kier molecular flexibility index (Phi) is 3.83. The molecular formula is C10H15N3S. The van der Waals surface area contributed by atoms with Gasteiger partial charge in [0, 0.05) is 17.9 Å². The number of aromatic nitrogens is 1. The number of rotatable bonds is 4. The molecule has 14 heavy (non-hydrogen) atoms. The van der Waals surface area contributed by atoms with Crippen molar-refractivity contribution >= 4 is 22.9 Å². The van der Waals surface area contributed by atoms with Crippen LogP contribution in [0.3, 0.4) is 0 Å². The molecule has 1 unspecified atom stereocenters. The third kappa shape index (κ3) is 2.96. The Morgan fingerprint density at radius 3 is 3.00 bits per heavy atom. The van der Waals surface area contributed by atoms with Crippen molar-refractivity contribution in [3.05, 3.63) is 24.0 Å². The first-order valence-electron chi connectivity index (χ1n) is 4.66. The summed E-state index contributed by atoms with van der Waals surface area (Å²) in [6.45, 7) is 4.26. The Labute approximate surface area is 89.7 Å². The van der Waals surface area contributed by atoms with Gasteiger partial charge in [0.25, 0.3) is 0 Å². The van der Waals surface area contributed by atoms with Gasteiger partial charge in [0.05, 0.1) is 5.69 Å². The standard InChI is InChI=1S/C10H15N3S/c1-3-7(2)13-8-4-5-12-9(6-8)10(11)14/h4-7H,3H2,1-2H3,(H2,11,14)(H,12,13). The van der Waals surface area contributed by atoms with Crippen molar-refractivity contribution in [3.8, 4) is 0 Å². The zero-order chi connectivity index (χ0) is 10.6. The topological polar surface area (TPSA) is 50.9 Å². The first-order valence-corrected chi connectivity index (χ1v) is 5.06. The fraction of sp³-hybridized carbons (Fsp3) is 0.400. The second-order valence-electron chi connectivity index (χ2n) is 3.25. The molecule has 0 fully saturated rings. The van der Waals surface area contributed by atoms with E-state index < -0.39 is 0 Å². The van der Waals surface area contributed by atoms with Crippen LogP contribution < -0.4 is 11.1 Å². The van der Waals surface area contributed by atoms with Gasteiger partial charge in [-0.15, -0.1) is 0 Å². The highest BCUT2D eigenvalue weighted by Gasteiger charge is 2.01. The summed E-state index contributed by atoms with van der Waals surface area (Å²) in [7, 11) is 0. The zero-order valence-corrected chi connectivity index (χ0v) is 9.27. The van der Waals surface area contributed by atoms with E-state index in [9.17, 15) is 0 Å². The number of thiocarbonyl (C=S) groups is 1. The van der Waals surface area contributed by atoms with Crippen molar-refractivity contribution in [2.45, 2.75) is 26.3 Å². The summed E-state index contributed by atoms with van der Waals surface area (Å²) in [6.07, 6.45) is 2.78. The highest BCUT2D eigenvalue weighted by Crippen LogP contribution is 2.10. The van der Waals surface area contributed by atoms with Crippen LogP contribution in [0.1, 0.15) is 26.0 Å². The maximum atomic E-state index is 5.49. The SMILES string of the molecule is CCC(C)Nc1ccnc(C(N)=S)c1. The molecule has 1 aromatic heterocycles. The van der Waals surface area contributed by atoms with E-state index in [0.29, 0.717) is 16.7 Å². The predicted octanol–water partition coefficient (Wildman–Crippen LogP) is 1.93. The average molecular weight is 209 g/mol. The minimum Gasteiger partial charge on any atom is -0.388 e. The molecule has 0 aromatic carbocycles. The van der Waals surface area contributed by atoms with E-state index in [2.05, 4.69) is 24.1 Å². The Bertz CT molecular complexity index is 325. The largest absolute Gasteiger partial charge is 0.388 e. The summed E-state index contributed by atoms with van der Waals surface area (Å²) in [4.78, 5) is 4.40. The van der Waals surface area contributed by atoms with Gasteiger partial charge < -0.3 is 11.1 Å². The van der Waals surface area contributed by atoms with Gasteiger partial charge in [0.2, 0.25) is 0 Å². The Hall–Kier alpha value is -1.16. The third-order valence-corrected chi connectivity index (χ3v) is 2.25. The van der Waals surface area contributed by atoms with Crippen molar-refractivity contribution in [1.29, 1.82) is 0 Å². The van der Waals surface area contributed by atoms with Gasteiger partial charge in [-0.25, -0.2) is 0 Å². The molecule has 0 bridgehead atoms. The molecule has 3 nitrogen and oxygen atoms in total. The number of hydrogen-bond acceptors (Lipinski definition) is 3. The van der Waals surface area contributed by atoms with E-state index >= 15 is 0 Å². The second kappa shape index (κ2) is 4.91. The molecule has 3 N–H and O–H groups in total. The van der Waals surface area contributed by atoms with Crippen LogP contribution in [0, 0.1) is 0 Å². The number of anilines is 1. The Morgan fingerprint density at radius 1 is 1.71 bits per heavy atom. The lowest BCUT2D eigenvalue weighted by Crippen LogP contribution is -2.15. The minimum absolute atomic E-state index is 0.331. The van der Waals surface area contributed by atoms with E-state index in [-0.39, 0.29) is 0 Å². The molecule has 1 rings (SSSR count). The van der Waals surface area contributed by atoms with E-state index in [4.69, 9.17) is 18.0 Å². The van der Waals surface area contributed by atoms with Gasteiger partial charge in [0.15, 0.2) is 0 Å². The van der Waals surface area contributed by atoms with Crippen molar-refractivity contribution in [3.63, 3.8) is 0 Å². The van der Waals surface area contributed by atoms with Gasteiger partial charge in [0.1, 0.15) is 4.99 Å². The normalized spacial score (nSPS) is 12.1. The fourth-order valence-electron chi connectivity index (χ4n) is 1.04. The second-order valence-corrected chi connectivity index (χ2v) is 3.69. The molecule has 0 saturated carbocycles. The lowest BCUT2D eigenvalue weighted by atomic mass is 10.2. The van der Waals surface area contributed by atoms with Crippen molar-refractivity contribution in [2.24, 2.45) is 5.73 Å². The maximum absolute atomic E-state index is 5.49. The van der Waals surface area contributed by atoms with E-state index in [1.807, 2.05) is 12.1 Å². The number of hydrogen-bond donors (Lipinski definition) is 2. The summed E-state index contributed by atoms with van der Waals surface area (Å²) >= 11 is 4.85. The van der Waals surface area contributed by atoms with Crippen LogP contribution in [0.4, 0.5) is 5.69 Å². The monoisotopic (exact) mass is 209 g/mol. The molecule has 0 amide bonds. The van der Waals surface area contributed by atoms with Gasteiger partial charge in [-0.05, 0) is 25.5 Å². The van der Waals surface area contributed by atoms with Gasteiger partial charge in [-0.2, -0.15) is 0 Å². The van der Waals surface area contributed by atoms with Crippen LogP contribution in [-0.4, -0.2) is 16.0 Å². The number of nitrogens with one attached hydrogen (secondary N) is 1. The first-order chi connectivity index (χ1) is 6.63. The molecule has 0 radical (unpaired) electrons. The van der Waals surface area contributed by atoms with Crippen LogP contribution >= 0.6 is 12.2 Å². The maximum Gasteiger partial charge on any atom is 0.122 e. The van der Waals surface area contributed by atoms with Gasteiger partial charge in [-0.1, -0.05) is 19.1 Å². The smallest absolute Gasteiger partial charge is 0.122 e. The van der Waals surface area contributed by atoms with Crippen LogP contribution in [0.25, 0.3) is 0 Å². The highest BCUT2D eigenvalue weighted by atomic mass is 32.1. The fourth-order valence-corrected chi connectivity index (χ4v) is 1.15. The third-order valence-electron chi connectivity index (χ3n) is 2.04. The van der Waals surface area contributed by atoms with Gasteiger partial charge >= 0.3 is 0 Å². The average Bonchev–Trinajstić information content (AvgIpc) is 2.18. The predicted molar refractivity (Wildman–Crippen MR) is 63.5 cm³/mol. The molecule has 0 aliphatic heterocycles. The number of nitrogens with zero attached hydrogens (tertiary/aromatic N) is 1. The summed E-state index contributed by atoms with van der Waals surface area (Å²) in [6, 6.07) is 4.22. The van der Waals surface area contributed by atoms with E-state index in [1.54, 1.807) is 6.20 Å². The molecular weight excluding hydrogens is 194 g/mol. The van der Waals surface area contributed by atoms with Crippen molar-refractivity contribution < 1.29 is 0 Å². The number of pyridine rings is 1. The number of nitrogens with two attached hydrogens (primary N) is 1. The molecule has 1 aromatic rings. The van der Waals surface area contributed by atoms with Crippen molar-refractivity contribution in [2.75, 3.05) is 5.32 Å². The Balaban J connectivity index is 2.78. The lowest BCUT2D eigenvalue weighted by Gasteiger charge is -2.13. The molecule has 1 atom stereocenters. The minimum atomic E-state index is 0.331. The first kappa shape index (κ1) is 10.9. The summed E-state index contributed by atoms with van der Waals surface area (Å²) in [5.41, 5.74) is 7.16. The van der Waals surface area contributed by atoms with E-state index in [1.165, 1.54) is 0 Å². The highest BCUT2D eigenvalue weighted by molar-refractivity contribution is 7.80. The molecule has 0 aliphatic rings. The molecule has 4 heteroatoms. The summed E-state index contributed by atoms with van der Waals surface area (Å²) in [5, 5.41) is 3.33. The van der Waals surface area contributed by atoms with Crippen LogP contribution in [0.5, 0.6) is 0 Å². The van der Waals surface area contributed by atoms with Crippen LogP contribution in [0.15, 0.2) is 18.3 Å². The molecule has 1 heterocycles. The van der Waals surface area contributed by atoms with Gasteiger partial charge in [-0.3, -0.25) is 4.98 Å². The lowest BCUT2D eigenvalue weighted by molar-refractivity contribution is 0.764. The molecule has 0 aliphatic carbocycles. The van der Waals surface area contributed by atoms with E-state index in [0.717, 1.165) is 12.1 Å².